The number of aromatic nitrogens is 4. The van der Waals surface area contributed by atoms with Crippen LogP contribution in [0, 0.1) is 0 Å². The quantitative estimate of drug-likeness (QED) is 0.346. The Kier molecular flexibility index (Phi) is 5.98. The van der Waals surface area contributed by atoms with E-state index in [2.05, 4.69) is 16.0 Å². The summed E-state index contributed by atoms with van der Waals surface area (Å²) in [5.41, 5.74) is 6.18. The van der Waals surface area contributed by atoms with Crippen LogP contribution in [0.4, 0.5) is 0 Å². The van der Waals surface area contributed by atoms with E-state index in [1.54, 1.807) is 30.6 Å². The van der Waals surface area contributed by atoms with Gasteiger partial charge in [0.1, 0.15) is 0 Å². The van der Waals surface area contributed by atoms with Gasteiger partial charge in [-0.1, -0.05) is 72.8 Å². The first-order valence-corrected chi connectivity index (χ1v) is 11.9. The van der Waals surface area contributed by atoms with Crippen molar-refractivity contribution in [3.8, 4) is 45.2 Å². The Morgan fingerprint density at radius 3 is 2.24 bits per heavy atom. The average molecular weight is 480 g/mol. The monoisotopic (exact) mass is 480 g/mol. The van der Waals surface area contributed by atoms with E-state index in [4.69, 9.17) is 9.97 Å². The Balaban J connectivity index is 1.57. The second kappa shape index (κ2) is 9.74. The highest BCUT2D eigenvalue weighted by molar-refractivity contribution is 6.58. The maximum Gasteiger partial charge on any atom is 0.488 e. The zero-order chi connectivity index (χ0) is 25.2. The number of fused-ring (bicyclic) bond motifs is 1. The van der Waals surface area contributed by atoms with Crippen molar-refractivity contribution in [1.29, 1.82) is 0 Å². The number of hydrogen-bond acceptors (Lipinski definition) is 6. The molecule has 37 heavy (non-hydrogen) atoms. The van der Waals surface area contributed by atoms with Crippen molar-refractivity contribution in [2.75, 3.05) is 0 Å². The number of rotatable bonds is 5. The van der Waals surface area contributed by atoms with Crippen molar-refractivity contribution < 1.29 is 10.0 Å². The average Bonchev–Trinajstić information content (AvgIpc) is 2.97. The lowest BCUT2D eigenvalue weighted by Gasteiger charge is -2.12. The summed E-state index contributed by atoms with van der Waals surface area (Å²) in [5.74, 6) is 0.469. The lowest BCUT2D eigenvalue weighted by molar-refractivity contribution is 0.426. The van der Waals surface area contributed by atoms with Crippen LogP contribution in [-0.2, 0) is 0 Å². The molecule has 0 spiro atoms. The van der Waals surface area contributed by atoms with Crippen LogP contribution in [0.15, 0.2) is 116 Å². The van der Waals surface area contributed by atoms with Gasteiger partial charge in [-0.05, 0) is 40.7 Å². The second-order valence-electron chi connectivity index (χ2n) is 8.66. The molecule has 6 rings (SSSR count). The van der Waals surface area contributed by atoms with E-state index in [-0.39, 0.29) is 0 Å². The maximum atomic E-state index is 9.72. The largest absolute Gasteiger partial charge is 0.488 e. The minimum atomic E-state index is -1.58. The van der Waals surface area contributed by atoms with Gasteiger partial charge in [0.05, 0.1) is 17.1 Å². The van der Waals surface area contributed by atoms with Gasteiger partial charge in [0.15, 0.2) is 5.82 Å². The molecule has 176 valence electrons. The lowest BCUT2D eigenvalue weighted by atomic mass is 9.79. The number of benzene rings is 3. The molecule has 0 amide bonds. The van der Waals surface area contributed by atoms with E-state index >= 15 is 0 Å². The van der Waals surface area contributed by atoms with Gasteiger partial charge in [-0.2, -0.15) is 0 Å². The minimum Gasteiger partial charge on any atom is -0.423 e. The van der Waals surface area contributed by atoms with Gasteiger partial charge < -0.3 is 10.0 Å². The van der Waals surface area contributed by atoms with E-state index in [1.165, 1.54) is 0 Å². The fourth-order valence-electron chi connectivity index (χ4n) is 4.40. The Labute approximate surface area is 214 Å². The summed E-state index contributed by atoms with van der Waals surface area (Å²) < 4.78 is 0. The fraction of sp³-hybridized carbons (Fsp3) is 0. The fourth-order valence-corrected chi connectivity index (χ4v) is 4.40. The first kappa shape index (κ1) is 22.7. The van der Waals surface area contributed by atoms with Gasteiger partial charge in [-0.3, -0.25) is 9.97 Å². The molecular weight excluding hydrogens is 459 g/mol. The van der Waals surface area contributed by atoms with Crippen LogP contribution in [0.3, 0.4) is 0 Å². The number of pyridine rings is 2. The van der Waals surface area contributed by atoms with Gasteiger partial charge in [0.25, 0.3) is 0 Å². The standard InChI is InChI=1S/C30H21BN4O2/c36-31(37)25-11-4-9-23(17-25)30-34-27(22-8-3-7-21(16-22)24-10-5-14-32-19-24)18-28(35-30)29-26-12-2-1-6-20(26)13-15-33-29/h1-19,36-37H. The van der Waals surface area contributed by atoms with Gasteiger partial charge in [-0.25, -0.2) is 9.97 Å². The van der Waals surface area contributed by atoms with E-state index in [9.17, 15) is 10.0 Å². The van der Waals surface area contributed by atoms with E-state index in [1.807, 2.05) is 79.0 Å². The molecule has 6 nitrogen and oxygen atoms in total. The summed E-state index contributed by atoms with van der Waals surface area (Å²) in [6.07, 6.45) is 5.37. The number of hydrogen-bond donors (Lipinski definition) is 2. The SMILES string of the molecule is OB(O)c1cccc(-c2nc(-c3cccc(-c4cccnc4)c3)cc(-c3nccc4ccccc34)n2)c1. The van der Waals surface area contributed by atoms with E-state index < -0.39 is 7.12 Å². The summed E-state index contributed by atoms with van der Waals surface area (Å²) >= 11 is 0. The normalized spacial score (nSPS) is 11.0. The van der Waals surface area contributed by atoms with Gasteiger partial charge in [0.2, 0.25) is 0 Å². The zero-order valence-electron chi connectivity index (χ0n) is 19.7. The third-order valence-electron chi connectivity index (χ3n) is 6.24. The molecule has 3 aromatic heterocycles. The van der Waals surface area contributed by atoms with Crippen molar-refractivity contribution in [3.05, 3.63) is 116 Å². The van der Waals surface area contributed by atoms with Crippen molar-refractivity contribution in [3.63, 3.8) is 0 Å². The Hall–Kier alpha value is -4.72. The predicted molar refractivity (Wildman–Crippen MR) is 147 cm³/mol. The Bertz CT molecular complexity index is 1720. The van der Waals surface area contributed by atoms with Gasteiger partial charge >= 0.3 is 7.12 Å². The molecule has 0 unspecified atom stereocenters. The summed E-state index contributed by atoms with van der Waals surface area (Å²) in [5, 5.41) is 21.5. The van der Waals surface area contributed by atoms with Crippen LogP contribution in [0.2, 0.25) is 0 Å². The molecule has 0 saturated heterocycles. The first-order chi connectivity index (χ1) is 18.2. The van der Waals surface area contributed by atoms with Crippen molar-refractivity contribution in [2.45, 2.75) is 0 Å². The molecule has 0 aliphatic rings. The van der Waals surface area contributed by atoms with Crippen LogP contribution in [0.5, 0.6) is 0 Å². The third kappa shape index (κ3) is 4.61. The third-order valence-corrected chi connectivity index (χ3v) is 6.24. The summed E-state index contributed by atoms with van der Waals surface area (Å²) in [6, 6.07) is 31.0. The van der Waals surface area contributed by atoms with Gasteiger partial charge in [-0.15, -0.1) is 0 Å². The topological polar surface area (TPSA) is 92.0 Å². The number of nitrogens with zero attached hydrogens (tertiary/aromatic N) is 4. The summed E-state index contributed by atoms with van der Waals surface area (Å²) in [6.45, 7) is 0. The van der Waals surface area contributed by atoms with Crippen LogP contribution in [0.25, 0.3) is 55.9 Å². The molecule has 0 atom stereocenters. The molecule has 3 aromatic carbocycles. The molecule has 3 heterocycles. The molecule has 6 aromatic rings. The molecule has 0 bridgehead atoms. The van der Waals surface area contributed by atoms with Crippen molar-refractivity contribution in [1.82, 2.24) is 19.9 Å². The van der Waals surface area contributed by atoms with Crippen LogP contribution in [-0.4, -0.2) is 37.1 Å². The Morgan fingerprint density at radius 1 is 0.595 bits per heavy atom. The second-order valence-corrected chi connectivity index (χ2v) is 8.66. The molecule has 0 fully saturated rings. The maximum absolute atomic E-state index is 9.72. The predicted octanol–water partition coefficient (Wildman–Crippen LogP) is 4.77. The molecule has 0 aliphatic heterocycles. The van der Waals surface area contributed by atoms with Crippen LogP contribution in [0.1, 0.15) is 0 Å². The van der Waals surface area contributed by atoms with Crippen LogP contribution < -0.4 is 5.46 Å². The lowest BCUT2D eigenvalue weighted by Crippen LogP contribution is -2.29. The highest BCUT2D eigenvalue weighted by Crippen LogP contribution is 2.31. The molecular formula is C30H21BN4O2. The molecule has 0 saturated carbocycles. The highest BCUT2D eigenvalue weighted by Gasteiger charge is 2.16. The minimum absolute atomic E-state index is 0.370. The van der Waals surface area contributed by atoms with Gasteiger partial charge in [0, 0.05) is 40.7 Å². The summed E-state index contributed by atoms with van der Waals surface area (Å²) in [4.78, 5) is 18.7. The molecule has 7 heteroatoms. The van der Waals surface area contributed by atoms with E-state index in [0.29, 0.717) is 22.5 Å². The highest BCUT2D eigenvalue weighted by atomic mass is 16.4. The van der Waals surface area contributed by atoms with Crippen LogP contribution >= 0.6 is 0 Å². The van der Waals surface area contributed by atoms with Crippen molar-refractivity contribution >= 4 is 23.4 Å². The first-order valence-electron chi connectivity index (χ1n) is 11.9. The van der Waals surface area contributed by atoms with E-state index in [0.717, 1.165) is 38.9 Å². The molecule has 2 N–H and O–H groups in total. The van der Waals surface area contributed by atoms with Crippen molar-refractivity contribution in [2.24, 2.45) is 0 Å². The molecule has 0 radical (unpaired) electrons. The summed E-state index contributed by atoms with van der Waals surface area (Å²) in [7, 11) is -1.58. The molecule has 0 aliphatic carbocycles. The smallest absolute Gasteiger partial charge is 0.423 e. The Morgan fingerprint density at radius 2 is 1.38 bits per heavy atom. The zero-order valence-corrected chi connectivity index (χ0v) is 19.7.